The predicted octanol–water partition coefficient (Wildman–Crippen LogP) is 5.52. The van der Waals surface area contributed by atoms with E-state index in [-0.39, 0.29) is 16.7 Å². The average molecular weight is 405 g/mol. The minimum Gasteiger partial charge on any atom is -0.390 e. The Labute approximate surface area is 178 Å². The van der Waals surface area contributed by atoms with Gasteiger partial charge in [0.05, 0.1) is 11.2 Å². The molecule has 0 bridgehead atoms. The molecular formula is C26H44O3. The lowest BCUT2D eigenvalue weighted by molar-refractivity contribution is -0.167. The van der Waals surface area contributed by atoms with Gasteiger partial charge in [0.15, 0.2) is 0 Å². The number of hydrogen-bond donors (Lipinski definition) is 2. The van der Waals surface area contributed by atoms with Crippen molar-refractivity contribution in [3.05, 3.63) is 0 Å². The standard InChI is InChI=1S/C26H44O3/c1-23(2,28)12-6-7-17-9-11-20-19-10-8-18-15-24(3,29)13-14-25(18,4)22(19)21(27)16-26(17,20)5/h17-20,22,28-29H,6-16H2,1-5H3/t17-,18?,19-,20?,22?,24-,25-,26+/m0/s1. The maximum Gasteiger partial charge on any atom is 0.137 e. The first kappa shape index (κ1) is 21.8. The summed E-state index contributed by atoms with van der Waals surface area (Å²) in [5.74, 6) is 3.16. The highest BCUT2D eigenvalue weighted by molar-refractivity contribution is 5.84. The molecule has 0 aliphatic heterocycles. The summed E-state index contributed by atoms with van der Waals surface area (Å²) in [7, 11) is 0. The highest BCUT2D eigenvalue weighted by atomic mass is 16.3. The number of fused-ring (bicyclic) bond motifs is 5. The molecule has 4 aliphatic carbocycles. The molecule has 8 atom stereocenters. The van der Waals surface area contributed by atoms with Gasteiger partial charge in [-0.2, -0.15) is 0 Å². The quantitative estimate of drug-likeness (QED) is 0.649. The lowest BCUT2D eigenvalue weighted by Crippen LogP contribution is -2.58. The van der Waals surface area contributed by atoms with Crippen LogP contribution in [0.25, 0.3) is 0 Å². The van der Waals surface area contributed by atoms with Gasteiger partial charge in [0, 0.05) is 12.3 Å². The van der Waals surface area contributed by atoms with Crippen LogP contribution in [0.5, 0.6) is 0 Å². The van der Waals surface area contributed by atoms with Gasteiger partial charge in [0.2, 0.25) is 0 Å². The van der Waals surface area contributed by atoms with Crippen LogP contribution in [-0.4, -0.2) is 27.2 Å². The van der Waals surface area contributed by atoms with Crippen molar-refractivity contribution in [2.75, 3.05) is 0 Å². The number of aliphatic hydroxyl groups is 2. The molecule has 0 heterocycles. The molecule has 4 aliphatic rings. The molecule has 166 valence electrons. The molecular weight excluding hydrogens is 360 g/mol. The molecule has 3 unspecified atom stereocenters. The van der Waals surface area contributed by atoms with Gasteiger partial charge in [-0.15, -0.1) is 0 Å². The van der Waals surface area contributed by atoms with E-state index in [0.717, 1.165) is 44.9 Å². The minimum absolute atomic E-state index is 0.0998. The highest BCUT2D eigenvalue weighted by Gasteiger charge is 2.63. The predicted molar refractivity (Wildman–Crippen MR) is 116 cm³/mol. The lowest BCUT2D eigenvalue weighted by Gasteiger charge is -2.61. The molecule has 3 heteroatoms. The van der Waals surface area contributed by atoms with Gasteiger partial charge in [-0.25, -0.2) is 0 Å². The van der Waals surface area contributed by atoms with Gasteiger partial charge in [0.1, 0.15) is 5.78 Å². The largest absolute Gasteiger partial charge is 0.390 e. The first-order valence-electron chi connectivity index (χ1n) is 12.3. The van der Waals surface area contributed by atoms with Crippen LogP contribution in [0, 0.1) is 40.4 Å². The van der Waals surface area contributed by atoms with Crippen molar-refractivity contribution in [1.29, 1.82) is 0 Å². The van der Waals surface area contributed by atoms with E-state index in [4.69, 9.17) is 0 Å². The van der Waals surface area contributed by atoms with Crippen LogP contribution in [0.2, 0.25) is 0 Å². The van der Waals surface area contributed by atoms with E-state index >= 15 is 0 Å². The first-order valence-corrected chi connectivity index (χ1v) is 12.3. The van der Waals surface area contributed by atoms with Crippen molar-refractivity contribution in [1.82, 2.24) is 0 Å². The third-order valence-electron chi connectivity index (χ3n) is 10.2. The zero-order chi connectivity index (χ0) is 21.2. The second-order valence-electron chi connectivity index (χ2n) is 12.9. The van der Waals surface area contributed by atoms with Crippen molar-refractivity contribution < 1.29 is 15.0 Å². The maximum atomic E-state index is 13.7. The average Bonchev–Trinajstić information content (AvgIpc) is 2.90. The zero-order valence-electron chi connectivity index (χ0n) is 19.5. The van der Waals surface area contributed by atoms with Gasteiger partial charge in [0.25, 0.3) is 0 Å². The lowest BCUT2D eigenvalue weighted by atomic mass is 9.43. The van der Waals surface area contributed by atoms with Gasteiger partial charge in [-0.05, 0) is 113 Å². The monoisotopic (exact) mass is 404 g/mol. The van der Waals surface area contributed by atoms with Crippen molar-refractivity contribution in [3.8, 4) is 0 Å². The topological polar surface area (TPSA) is 57.5 Å². The first-order chi connectivity index (χ1) is 13.4. The van der Waals surface area contributed by atoms with Crippen LogP contribution < -0.4 is 0 Å². The molecule has 29 heavy (non-hydrogen) atoms. The summed E-state index contributed by atoms with van der Waals surface area (Å²) >= 11 is 0. The van der Waals surface area contributed by atoms with E-state index in [0.29, 0.717) is 29.5 Å². The molecule has 2 N–H and O–H groups in total. The van der Waals surface area contributed by atoms with E-state index in [9.17, 15) is 15.0 Å². The second-order valence-corrected chi connectivity index (χ2v) is 12.9. The van der Waals surface area contributed by atoms with Crippen LogP contribution >= 0.6 is 0 Å². The zero-order valence-corrected chi connectivity index (χ0v) is 19.5. The molecule has 0 aromatic carbocycles. The Morgan fingerprint density at radius 1 is 1.03 bits per heavy atom. The summed E-state index contributed by atoms with van der Waals surface area (Å²) in [6.07, 6.45) is 11.5. The highest BCUT2D eigenvalue weighted by Crippen LogP contribution is 2.67. The third kappa shape index (κ3) is 3.73. The third-order valence-corrected chi connectivity index (χ3v) is 10.2. The van der Waals surface area contributed by atoms with Crippen LogP contribution in [0.1, 0.15) is 105 Å². The Balaban J connectivity index is 1.52. The summed E-state index contributed by atoms with van der Waals surface area (Å²) in [4.78, 5) is 13.7. The maximum absolute atomic E-state index is 13.7. The number of carbonyl (C=O) groups excluding carboxylic acids is 1. The second kappa shape index (κ2) is 7.05. The Bertz CT molecular complexity index is 647. The van der Waals surface area contributed by atoms with Crippen LogP contribution in [0.4, 0.5) is 0 Å². The normalized spacial score (nSPS) is 50.0. The van der Waals surface area contributed by atoms with Gasteiger partial charge < -0.3 is 10.2 Å². The van der Waals surface area contributed by atoms with Gasteiger partial charge in [-0.3, -0.25) is 4.79 Å². The summed E-state index contributed by atoms with van der Waals surface area (Å²) in [6.45, 7) is 10.6. The fraction of sp³-hybridized carbons (Fsp3) is 0.962. The number of Topliss-reactive ketones (excluding diaryl/α,β-unsaturated/α-hetero) is 1. The van der Waals surface area contributed by atoms with E-state index < -0.39 is 11.2 Å². The van der Waals surface area contributed by atoms with E-state index in [1.165, 1.54) is 25.7 Å². The molecule has 4 saturated carbocycles. The van der Waals surface area contributed by atoms with Crippen LogP contribution in [0.15, 0.2) is 0 Å². The fourth-order valence-electron chi connectivity index (χ4n) is 8.60. The SMILES string of the molecule is CC(C)(O)CCC[C@H]1CCC2[C@@H]3CCC4C[C@@](C)(O)CC[C@]4(C)C3C(=O)C[C@@]21C. The number of ketones is 1. The van der Waals surface area contributed by atoms with Crippen molar-refractivity contribution >= 4 is 5.78 Å². The number of rotatable bonds is 4. The van der Waals surface area contributed by atoms with Crippen molar-refractivity contribution in [2.24, 2.45) is 40.4 Å². The molecule has 0 radical (unpaired) electrons. The van der Waals surface area contributed by atoms with Crippen molar-refractivity contribution in [2.45, 2.75) is 116 Å². The molecule has 0 saturated heterocycles. The summed E-state index contributed by atoms with van der Waals surface area (Å²) in [5.41, 5.74) is -0.854. The molecule has 0 aromatic rings. The molecule has 0 amide bonds. The molecule has 0 spiro atoms. The molecule has 0 aromatic heterocycles. The number of hydrogen-bond acceptors (Lipinski definition) is 3. The van der Waals surface area contributed by atoms with Gasteiger partial charge >= 0.3 is 0 Å². The summed E-state index contributed by atoms with van der Waals surface area (Å²) in [5, 5.41) is 20.7. The Morgan fingerprint density at radius 2 is 1.76 bits per heavy atom. The molecule has 4 fully saturated rings. The van der Waals surface area contributed by atoms with Crippen LogP contribution in [0.3, 0.4) is 0 Å². The van der Waals surface area contributed by atoms with E-state index in [2.05, 4.69) is 13.8 Å². The smallest absolute Gasteiger partial charge is 0.137 e. The van der Waals surface area contributed by atoms with E-state index in [1.807, 2.05) is 20.8 Å². The summed E-state index contributed by atoms with van der Waals surface area (Å²) in [6, 6.07) is 0. The Hall–Kier alpha value is -0.410. The van der Waals surface area contributed by atoms with Gasteiger partial charge in [-0.1, -0.05) is 20.3 Å². The molecule has 3 nitrogen and oxygen atoms in total. The Morgan fingerprint density at radius 3 is 2.45 bits per heavy atom. The van der Waals surface area contributed by atoms with Crippen molar-refractivity contribution in [3.63, 3.8) is 0 Å². The number of carbonyl (C=O) groups is 1. The molecule has 4 rings (SSSR count). The Kier molecular flexibility index (Phi) is 5.30. The fourth-order valence-corrected chi connectivity index (χ4v) is 8.60. The summed E-state index contributed by atoms with van der Waals surface area (Å²) < 4.78 is 0. The van der Waals surface area contributed by atoms with Crippen LogP contribution in [-0.2, 0) is 4.79 Å². The van der Waals surface area contributed by atoms with E-state index in [1.54, 1.807) is 0 Å². The minimum atomic E-state index is -0.582.